The molecule has 154 valence electrons. The number of nitrogens with zero attached hydrogens (tertiary/aromatic N) is 3. The zero-order valence-corrected chi connectivity index (χ0v) is 19.3. The predicted molar refractivity (Wildman–Crippen MR) is 119 cm³/mol. The fourth-order valence-corrected chi connectivity index (χ4v) is 4.11. The van der Waals surface area contributed by atoms with Gasteiger partial charge in [-0.05, 0) is 26.0 Å². The van der Waals surface area contributed by atoms with Crippen molar-refractivity contribution in [1.82, 2.24) is 14.9 Å². The molecule has 2 rings (SSSR count). The van der Waals surface area contributed by atoms with Gasteiger partial charge in [-0.2, -0.15) is 0 Å². The summed E-state index contributed by atoms with van der Waals surface area (Å²) in [4.78, 5) is 8.40. The molecule has 27 heavy (non-hydrogen) atoms. The van der Waals surface area contributed by atoms with Crippen LogP contribution in [-0.4, -0.2) is 70.8 Å². The van der Waals surface area contributed by atoms with Crippen molar-refractivity contribution in [2.24, 2.45) is 4.99 Å². The van der Waals surface area contributed by atoms with Gasteiger partial charge in [-0.3, -0.25) is 4.99 Å². The fraction of sp³-hybridized carbons (Fsp3) is 0.588. The molecule has 0 aliphatic carbocycles. The number of guanidine groups is 1. The van der Waals surface area contributed by atoms with Crippen molar-refractivity contribution in [2.45, 2.75) is 19.4 Å². The lowest BCUT2D eigenvalue weighted by Gasteiger charge is -2.38. The van der Waals surface area contributed by atoms with E-state index < -0.39 is 15.6 Å². The van der Waals surface area contributed by atoms with E-state index in [4.69, 9.17) is 0 Å². The van der Waals surface area contributed by atoms with Gasteiger partial charge in [0, 0.05) is 45.3 Å². The quantitative estimate of drug-likeness (QED) is 0.355. The highest BCUT2D eigenvalue weighted by molar-refractivity contribution is 14.0. The summed E-state index contributed by atoms with van der Waals surface area (Å²) in [5.41, 5.74) is -0.0213. The minimum Gasteiger partial charge on any atom is -0.366 e. The third-order valence-corrected chi connectivity index (χ3v) is 5.06. The van der Waals surface area contributed by atoms with Crippen LogP contribution in [0.15, 0.2) is 29.3 Å². The first-order valence-corrected chi connectivity index (χ1v) is 10.4. The average Bonchev–Trinajstić information content (AvgIpc) is 2.54. The highest BCUT2D eigenvalue weighted by Crippen LogP contribution is 2.20. The number of aliphatic imine (C=N–C) groups is 1. The van der Waals surface area contributed by atoms with E-state index in [0.29, 0.717) is 44.4 Å². The van der Waals surface area contributed by atoms with Crippen molar-refractivity contribution >= 4 is 45.6 Å². The van der Waals surface area contributed by atoms with Crippen LogP contribution >= 0.6 is 24.0 Å². The number of benzene rings is 1. The minimum absolute atomic E-state index is 0. The third-order valence-electron chi connectivity index (χ3n) is 4.13. The van der Waals surface area contributed by atoms with Crippen LogP contribution in [0.4, 0.5) is 10.1 Å². The largest absolute Gasteiger partial charge is 0.366 e. The Hall–Kier alpha value is -1.14. The maximum Gasteiger partial charge on any atom is 0.209 e. The Morgan fingerprint density at radius 1 is 1.22 bits per heavy atom. The van der Waals surface area contributed by atoms with E-state index in [9.17, 15) is 12.8 Å². The first-order valence-electron chi connectivity index (χ1n) is 8.55. The van der Waals surface area contributed by atoms with Crippen molar-refractivity contribution in [3.8, 4) is 0 Å². The fourth-order valence-electron chi connectivity index (χ4n) is 3.04. The molecule has 0 atom stereocenters. The summed E-state index contributed by atoms with van der Waals surface area (Å²) in [6, 6.07) is 6.78. The van der Waals surface area contributed by atoms with Crippen molar-refractivity contribution < 1.29 is 12.8 Å². The summed E-state index contributed by atoms with van der Waals surface area (Å²) in [5.74, 6) is 0.499. The van der Waals surface area contributed by atoms with Gasteiger partial charge in [0.05, 0.1) is 11.9 Å². The summed E-state index contributed by atoms with van der Waals surface area (Å²) >= 11 is 0. The van der Waals surface area contributed by atoms with Gasteiger partial charge in [0.2, 0.25) is 10.0 Å². The van der Waals surface area contributed by atoms with Crippen LogP contribution in [0.5, 0.6) is 0 Å². The van der Waals surface area contributed by atoms with E-state index in [0.717, 1.165) is 6.26 Å². The Morgan fingerprint density at radius 3 is 2.33 bits per heavy atom. The number of halogens is 2. The first-order chi connectivity index (χ1) is 12.1. The Bertz CT molecular complexity index is 749. The van der Waals surface area contributed by atoms with E-state index in [2.05, 4.69) is 19.9 Å². The Labute approximate surface area is 178 Å². The molecular weight excluding hydrogens is 484 g/mol. The van der Waals surface area contributed by atoms with E-state index >= 15 is 0 Å². The maximum absolute atomic E-state index is 13.9. The zero-order valence-electron chi connectivity index (χ0n) is 16.2. The van der Waals surface area contributed by atoms with Crippen molar-refractivity contribution in [3.63, 3.8) is 0 Å². The molecule has 10 heteroatoms. The smallest absolute Gasteiger partial charge is 0.209 e. The van der Waals surface area contributed by atoms with E-state index in [-0.39, 0.29) is 29.8 Å². The molecule has 1 aliphatic rings. The SMILES string of the molecule is CN=C(NCC(C)(C)NS(C)(=O)=O)N1CCN(c2ccccc2F)CC1.I. The summed E-state index contributed by atoms with van der Waals surface area (Å²) < 4.78 is 39.4. The van der Waals surface area contributed by atoms with Crippen LogP contribution in [0.2, 0.25) is 0 Å². The highest BCUT2D eigenvalue weighted by atomic mass is 127. The molecule has 0 bridgehead atoms. The molecule has 0 unspecified atom stereocenters. The van der Waals surface area contributed by atoms with Gasteiger partial charge >= 0.3 is 0 Å². The summed E-state index contributed by atoms with van der Waals surface area (Å²) in [6.07, 6.45) is 1.14. The second-order valence-corrected chi connectivity index (χ2v) is 8.83. The number of hydrogen-bond donors (Lipinski definition) is 2. The molecule has 0 spiro atoms. The lowest BCUT2D eigenvalue weighted by Crippen LogP contribution is -2.57. The van der Waals surface area contributed by atoms with E-state index in [1.54, 1.807) is 19.2 Å². The van der Waals surface area contributed by atoms with Gasteiger partial charge in [-0.15, -0.1) is 24.0 Å². The minimum atomic E-state index is -3.29. The molecule has 0 saturated carbocycles. The van der Waals surface area contributed by atoms with Crippen LogP contribution in [0.1, 0.15) is 13.8 Å². The second kappa shape index (κ2) is 9.87. The van der Waals surface area contributed by atoms with Crippen molar-refractivity contribution in [2.75, 3.05) is 50.9 Å². The number of para-hydroxylation sites is 1. The molecule has 0 amide bonds. The third kappa shape index (κ3) is 7.41. The molecule has 7 nitrogen and oxygen atoms in total. The Kier molecular flexibility index (Phi) is 8.74. The van der Waals surface area contributed by atoms with Gasteiger partial charge in [-0.25, -0.2) is 17.5 Å². The molecule has 1 heterocycles. The number of nitrogens with one attached hydrogen (secondary N) is 2. The predicted octanol–water partition coefficient (Wildman–Crippen LogP) is 1.47. The van der Waals surface area contributed by atoms with Crippen LogP contribution < -0.4 is 14.9 Å². The van der Waals surface area contributed by atoms with E-state index in [1.807, 2.05) is 24.8 Å². The average molecular weight is 513 g/mol. The monoisotopic (exact) mass is 513 g/mol. The second-order valence-electron chi connectivity index (χ2n) is 7.08. The lowest BCUT2D eigenvalue weighted by atomic mass is 10.1. The van der Waals surface area contributed by atoms with Gasteiger partial charge < -0.3 is 15.1 Å². The standard InChI is InChI=1S/C17H28FN5O2S.HI/c1-17(2,21-26(4,24)25)13-20-16(19-3)23-11-9-22(10-12-23)15-8-6-5-7-14(15)18;/h5-8,21H,9-13H2,1-4H3,(H,19,20);1H. The zero-order chi connectivity index (χ0) is 19.4. The summed E-state index contributed by atoms with van der Waals surface area (Å²) in [7, 11) is -1.59. The number of hydrogen-bond acceptors (Lipinski definition) is 4. The molecule has 1 aromatic carbocycles. The number of piperazine rings is 1. The maximum atomic E-state index is 13.9. The van der Waals surface area contributed by atoms with Gasteiger partial charge in [0.15, 0.2) is 5.96 Å². The topological polar surface area (TPSA) is 77.0 Å². The van der Waals surface area contributed by atoms with Crippen LogP contribution in [-0.2, 0) is 10.0 Å². The molecule has 1 aliphatic heterocycles. The van der Waals surface area contributed by atoms with Gasteiger partial charge in [0.1, 0.15) is 5.82 Å². The molecule has 2 N–H and O–H groups in total. The molecular formula is C17H29FIN5O2S. The van der Waals surface area contributed by atoms with Crippen molar-refractivity contribution in [1.29, 1.82) is 0 Å². The van der Waals surface area contributed by atoms with Gasteiger partial charge in [-0.1, -0.05) is 12.1 Å². The number of sulfonamides is 1. The van der Waals surface area contributed by atoms with Crippen LogP contribution in [0.3, 0.4) is 0 Å². The molecule has 1 fully saturated rings. The van der Waals surface area contributed by atoms with Crippen molar-refractivity contribution in [3.05, 3.63) is 30.1 Å². The van der Waals surface area contributed by atoms with Crippen LogP contribution in [0.25, 0.3) is 0 Å². The summed E-state index contributed by atoms with van der Waals surface area (Å²) in [5, 5.41) is 3.22. The number of rotatable bonds is 5. The normalized spacial score (nSPS) is 16.1. The molecule has 0 radical (unpaired) electrons. The molecule has 1 saturated heterocycles. The number of anilines is 1. The molecule has 0 aromatic heterocycles. The summed E-state index contributed by atoms with van der Waals surface area (Å²) in [6.45, 7) is 6.80. The lowest BCUT2D eigenvalue weighted by molar-refractivity contribution is 0.361. The van der Waals surface area contributed by atoms with Gasteiger partial charge in [0.25, 0.3) is 0 Å². The Morgan fingerprint density at radius 2 is 1.81 bits per heavy atom. The first kappa shape index (κ1) is 23.9. The van der Waals surface area contributed by atoms with Crippen LogP contribution in [0, 0.1) is 5.82 Å². The van der Waals surface area contributed by atoms with E-state index in [1.165, 1.54) is 6.07 Å². The Balaban J connectivity index is 0.00000364. The molecule has 1 aromatic rings. The highest BCUT2D eigenvalue weighted by Gasteiger charge is 2.25.